The van der Waals surface area contributed by atoms with Crippen LogP contribution in [-0.4, -0.2) is 73.4 Å². The molecular weight excluding hydrogens is 569 g/mol. The first-order valence-electron chi connectivity index (χ1n) is 13.6. The first kappa shape index (κ1) is 30.0. The molecule has 0 radical (unpaired) electrons. The van der Waals surface area contributed by atoms with Gasteiger partial charge in [0.2, 0.25) is 5.88 Å². The number of aliphatic hydroxyl groups is 1. The Balaban J connectivity index is 1.87. The Morgan fingerprint density at radius 1 is 1.02 bits per heavy atom. The van der Waals surface area contributed by atoms with E-state index in [-0.39, 0.29) is 0 Å². The minimum absolute atomic E-state index is 0.388. The number of hydrogen-bond acceptors (Lipinski definition) is 10. The standard InChI is InChI=1S/C32H34N4O4S2/c1-36(2)12-11-32(37,22-17-27(41-4)35-28(18-22)42-5)29(23-7-6-8-26-30(23)40-14-13-39-26)24-16-21-15-20(19-33)9-10-25(21)34-31(24)38-3/h6-10,15-18,29,37H,11-14H2,1-5H3. The molecule has 0 saturated heterocycles. The Morgan fingerprint density at radius 2 is 1.76 bits per heavy atom. The molecule has 42 heavy (non-hydrogen) atoms. The fraction of sp³-hybridized carbons (Fsp3) is 0.344. The average Bonchev–Trinajstić information content (AvgIpc) is 3.03. The first-order valence-corrected chi connectivity index (χ1v) is 16.0. The molecule has 0 spiro atoms. The molecule has 2 aromatic carbocycles. The van der Waals surface area contributed by atoms with Crippen molar-refractivity contribution in [1.82, 2.24) is 14.9 Å². The number of methoxy groups -OCH3 is 1. The van der Waals surface area contributed by atoms with E-state index in [9.17, 15) is 10.4 Å². The van der Waals surface area contributed by atoms with Crippen LogP contribution in [0.15, 0.2) is 64.6 Å². The van der Waals surface area contributed by atoms with E-state index < -0.39 is 11.5 Å². The maximum absolute atomic E-state index is 13.2. The summed E-state index contributed by atoms with van der Waals surface area (Å²) in [5.41, 5.74) is 1.94. The highest BCUT2D eigenvalue weighted by Crippen LogP contribution is 2.52. The van der Waals surface area contributed by atoms with E-state index in [0.717, 1.165) is 26.6 Å². The lowest BCUT2D eigenvalue weighted by Crippen LogP contribution is -2.38. The SMILES string of the molecule is COc1nc2ccc(C#N)cc2cc1C(c1cccc2c1OCCO2)C(O)(CCN(C)C)c1cc(SC)nc(SC)c1. The number of benzene rings is 2. The molecule has 8 nitrogen and oxygen atoms in total. The number of aromatic nitrogens is 2. The number of fused-ring (bicyclic) bond motifs is 2. The summed E-state index contributed by atoms with van der Waals surface area (Å²) < 4.78 is 18.1. The fourth-order valence-corrected chi connectivity index (χ4v) is 6.34. The number of hydrogen-bond donors (Lipinski definition) is 1. The second-order valence-corrected chi connectivity index (χ2v) is 12.0. The number of para-hydroxylation sites is 1. The van der Waals surface area contributed by atoms with Crippen molar-refractivity contribution >= 4 is 34.4 Å². The van der Waals surface area contributed by atoms with Crippen molar-refractivity contribution < 1.29 is 19.3 Å². The molecule has 3 heterocycles. The van der Waals surface area contributed by atoms with E-state index in [4.69, 9.17) is 24.2 Å². The van der Waals surface area contributed by atoms with E-state index in [1.807, 2.05) is 75.1 Å². The van der Waals surface area contributed by atoms with E-state index in [0.29, 0.717) is 60.2 Å². The number of nitrogens with zero attached hydrogens (tertiary/aromatic N) is 4. The zero-order valence-electron chi connectivity index (χ0n) is 24.4. The van der Waals surface area contributed by atoms with Crippen molar-refractivity contribution in [3.05, 3.63) is 76.9 Å². The van der Waals surface area contributed by atoms with Crippen LogP contribution in [-0.2, 0) is 5.60 Å². The maximum Gasteiger partial charge on any atom is 0.217 e. The summed E-state index contributed by atoms with van der Waals surface area (Å²) in [6, 6.07) is 19.3. The number of thioether (sulfide) groups is 2. The maximum atomic E-state index is 13.2. The molecule has 5 rings (SSSR count). The largest absolute Gasteiger partial charge is 0.486 e. The first-order chi connectivity index (χ1) is 20.3. The van der Waals surface area contributed by atoms with Crippen LogP contribution in [0.3, 0.4) is 0 Å². The molecule has 1 aliphatic heterocycles. The van der Waals surface area contributed by atoms with Gasteiger partial charge in [-0.2, -0.15) is 5.26 Å². The van der Waals surface area contributed by atoms with Crippen LogP contribution in [0.4, 0.5) is 0 Å². The molecular formula is C32H34N4O4S2. The molecule has 10 heteroatoms. The summed E-state index contributed by atoms with van der Waals surface area (Å²) in [5.74, 6) is 0.925. The van der Waals surface area contributed by atoms with E-state index in [1.54, 1.807) is 13.2 Å². The van der Waals surface area contributed by atoms with Gasteiger partial charge in [0.1, 0.15) is 18.8 Å². The lowest BCUT2D eigenvalue weighted by Gasteiger charge is -2.40. The van der Waals surface area contributed by atoms with Gasteiger partial charge in [0.15, 0.2) is 11.5 Å². The second-order valence-electron chi connectivity index (χ2n) is 10.3. The summed E-state index contributed by atoms with van der Waals surface area (Å²) in [6.45, 7) is 1.45. The van der Waals surface area contributed by atoms with Crippen LogP contribution in [0.1, 0.15) is 34.6 Å². The molecule has 2 aromatic heterocycles. The summed E-state index contributed by atoms with van der Waals surface area (Å²) >= 11 is 3.07. The Labute approximate surface area is 255 Å². The predicted octanol–water partition coefficient (Wildman–Crippen LogP) is 5.70. The predicted molar refractivity (Wildman–Crippen MR) is 167 cm³/mol. The molecule has 2 unspecified atom stereocenters. The van der Waals surface area contributed by atoms with Gasteiger partial charge in [-0.05, 0) is 81.1 Å². The number of ether oxygens (including phenoxy) is 3. The van der Waals surface area contributed by atoms with Crippen molar-refractivity contribution in [2.75, 3.05) is 53.5 Å². The number of rotatable bonds is 10. The van der Waals surface area contributed by atoms with Crippen molar-refractivity contribution in [2.24, 2.45) is 0 Å². The molecule has 0 fully saturated rings. The van der Waals surface area contributed by atoms with Crippen molar-refractivity contribution in [3.8, 4) is 23.4 Å². The Morgan fingerprint density at radius 3 is 2.43 bits per heavy atom. The highest BCUT2D eigenvalue weighted by Gasteiger charge is 2.45. The average molecular weight is 603 g/mol. The molecule has 218 valence electrons. The minimum Gasteiger partial charge on any atom is -0.486 e. The van der Waals surface area contributed by atoms with Gasteiger partial charge in [0, 0.05) is 23.1 Å². The van der Waals surface area contributed by atoms with E-state index >= 15 is 0 Å². The summed E-state index contributed by atoms with van der Waals surface area (Å²) in [5, 5.41) is 25.2. The molecule has 1 N–H and O–H groups in total. The number of pyridine rings is 2. The van der Waals surface area contributed by atoms with Gasteiger partial charge in [0.05, 0.1) is 40.2 Å². The zero-order valence-corrected chi connectivity index (χ0v) is 26.0. The molecule has 2 atom stereocenters. The van der Waals surface area contributed by atoms with Gasteiger partial charge < -0.3 is 24.2 Å². The van der Waals surface area contributed by atoms with E-state index in [1.165, 1.54) is 23.5 Å². The molecule has 4 aromatic rings. The fourth-order valence-electron chi connectivity index (χ4n) is 5.41. The van der Waals surface area contributed by atoms with Crippen LogP contribution in [0.5, 0.6) is 17.4 Å². The van der Waals surface area contributed by atoms with Crippen molar-refractivity contribution in [2.45, 2.75) is 28.0 Å². The van der Waals surface area contributed by atoms with Crippen LogP contribution in [0.25, 0.3) is 10.9 Å². The Kier molecular flexibility index (Phi) is 9.13. The minimum atomic E-state index is -1.45. The van der Waals surface area contributed by atoms with Crippen LogP contribution in [0, 0.1) is 11.3 Å². The smallest absolute Gasteiger partial charge is 0.217 e. The molecule has 0 amide bonds. The van der Waals surface area contributed by atoms with Crippen LogP contribution in [0.2, 0.25) is 0 Å². The molecule has 1 aliphatic rings. The molecule has 0 bridgehead atoms. The number of nitriles is 1. The molecule has 0 saturated carbocycles. The topological polar surface area (TPSA) is 101 Å². The van der Waals surface area contributed by atoms with E-state index in [2.05, 4.69) is 11.0 Å². The normalized spacial score (nSPS) is 14.8. The Bertz CT molecular complexity index is 1620. The third kappa shape index (κ3) is 5.88. The van der Waals surface area contributed by atoms with Gasteiger partial charge in [-0.1, -0.05) is 12.1 Å². The van der Waals surface area contributed by atoms with Gasteiger partial charge in [-0.3, -0.25) is 0 Å². The van der Waals surface area contributed by atoms with Crippen LogP contribution < -0.4 is 14.2 Å². The quantitative estimate of drug-likeness (QED) is 0.228. The zero-order chi connectivity index (χ0) is 29.9. The van der Waals surface area contributed by atoms with Gasteiger partial charge in [-0.15, -0.1) is 23.5 Å². The van der Waals surface area contributed by atoms with Gasteiger partial charge in [-0.25, -0.2) is 9.97 Å². The van der Waals surface area contributed by atoms with Crippen molar-refractivity contribution in [1.29, 1.82) is 5.26 Å². The highest BCUT2D eigenvalue weighted by atomic mass is 32.2. The summed E-state index contributed by atoms with van der Waals surface area (Å²) in [6.07, 6.45) is 4.35. The lowest BCUT2D eigenvalue weighted by molar-refractivity contribution is 0.00210. The monoisotopic (exact) mass is 602 g/mol. The lowest BCUT2D eigenvalue weighted by atomic mass is 9.71. The van der Waals surface area contributed by atoms with Crippen molar-refractivity contribution in [3.63, 3.8) is 0 Å². The van der Waals surface area contributed by atoms with Crippen LogP contribution >= 0.6 is 23.5 Å². The molecule has 0 aliphatic carbocycles. The third-order valence-corrected chi connectivity index (χ3v) is 8.72. The third-order valence-electron chi connectivity index (χ3n) is 7.46. The summed E-state index contributed by atoms with van der Waals surface area (Å²) in [4.78, 5) is 11.7. The Hall–Kier alpha value is -3.49. The summed E-state index contributed by atoms with van der Waals surface area (Å²) in [7, 11) is 5.57. The van der Waals surface area contributed by atoms with Gasteiger partial charge in [0.25, 0.3) is 0 Å². The van der Waals surface area contributed by atoms with Gasteiger partial charge >= 0.3 is 0 Å². The second kappa shape index (κ2) is 12.8. The highest BCUT2D eigenvalue weighted by molar-refractivity contribution is 7.99.